The Morgan fingerprint density at radius 1 is 1.38 bits per heavy atom. The van der Waals surface area contributed by atoms with Gasteiger partial charge in [0.15, 0.2) is 0 Å². The van der Waals surface area contributed by atoms with Gasteiger partial charge in [0.1, 0.15) is 0 Å². The Hall–Kier alpha value is -2.14. The third-order valence-electron chi connectivity index (χ3n) is 3.94. The van der Waals surface area contributed by atoms with E-state index in [1.807, 2.05) is 7.05 Å². The Balaban J connectivity index is 1.64. The maximum absolute atomic E-state index is 12.5. The second-order valence-electron chi connectivity index (χ2n) is 5.65. The summed E-state index contributed by atoms with van der Waals surface area (Å²) in [4.78, 5) is 21.7. The Kier molecular flexibility index (Phi) is 3.75. The molecule has 0 radical (unpaired) electrons. The highest BCUT2D eigenvalue weighted by Crippen LogP contribution is 2.14. The van der Waals surface area contributed by atoms with Gasteiger partial charge >= 0.3 is 0 Å². The largest absolute Gasteiger partial charge is 0.347 e. The highest BCUT2D eigenvalue weighted by atomic mass is 16.2. The maximum atomic E-state index is 12.5. The number of aryl methyl sites for hydroxylation is 1. The van der Waals surface area contributed by atoms with Gasteiger partial charge < -0.3 is 9.88 Å². The molecule has 2 N–H and O–H groups in total. The second kappa shape index (κ2) is 5.69. The van der Waals surface area contributed by atoms with E-state index < -0.39 is 0 Å². The van der Waals surface area contributed by atoms with Crippen LogP contribution in [0.25, 0.3) is 0 Å². The van der Waals surface area contributed by atoms with Gasteiger partial charge in [0.05, 0.1) is 23.8 Å². The van der Waals surface area contributed by atoms with E-state index in [0.717, 1.165) is 17.0 Å². The first-order valence-corrected chi connectivity index (χ1v) is 7.18. The molecule has 0 fully saturated rings. The lowest BCUT2D eigenvalue weighted by molar-refractivity contribution is -0.132. The molecule has 1 aromatic heterocycles. The van der Waals surface area contributed by atoms with Gasteiger partial charge in [-0.3, -0.25) is 10.1 Å². The average Bonchev–Trinajstić information content (AvgIpc) is 2.96. The molecule has 0 aliphatic carbocycles. The number of nitrogens with one attached hydrogen (secondary N) is 2. The SMILES string of the molecule is Cc1ccc(CN(C)C(=O)C2Cc3nc[nH]c3CN2)cc1. The minimum Gasteiger partial charge on any atom is -0.347 e. The first-order valence-electron chi connectivity index (χ1n) is 7.18. The summed E-state index contributed by atoms with van der Waals surface area (Å²) < 4.78 is 0. The number of amides is 1. The van der Waals surface area contributed by atoms with Crippen molar-refractivity contribution in [1.82, 2.24) is 20.2 Å². The standard InChI is InChI=1S/C16H20N4O/c1-11-3-5-12(6-4-11)9-20(2)16(21)14-7-13-15(8-17-14)19-10-18-13/h3-6,10,14,17H,7-9H2,1-2H3,(H,18,19). The lowest BCUT2D eigenvalue weighted by Gasteiger charge is -2.27. The normalized spacial score (nSPS) is 17.3. The number of benzene rings is 1. The lowest BCUT2D eigenvalue weighted by Crippen LogP contribution is -2.48. The molecule has 0 saturated heterocycles. The first kappa shape index (κ1) is 13.8. The van der Waals surface area contributed by atoms with Crippen molar-refractivity contribution in [2.75, 3.05) is 7.05 Å². The van der Waals surface area contributed by atoms with Crippen LogP contribution in [0.5, 0.6) is 0 Å². The van der Waals surface area contributed by atoms with Gasteiger partial charge in [-0.05, 0) is 12.5 Å². The summed E-state index contributed by atoms with van der Waals surface area (Å²) >= 11 is 0. The molecule has 1 atom stereocenters. The van der Waals surface area contributed by atoms with Crippen molar-refractivity contribution in [3.8, 4) is 0 Å². The van der Waals surface area contributed by atoms with Crippen molar-refractivity contribution in [3.63, 3.8) is 0 Å². The zero-order valence-corrected chi connectivity index (χ0v) is 12.4. The van der Waals surface area contributed by atoms with E-state index in [0.29, 0.717) is 19.5 Å². The Labute approximate surface area is 124 Å². The number of aromatic nitrogens is 2. The van der Waals surface area contributed by atoms with Crippen LogP contribution >= 0.6 is 0 Å². The number of nitrogens with zero attached hydrogens (tertiary/aromatic N) is 2. The summed E-state index contributed by atoms with van der Waals surface area (Å²) in [6.45, 7) is 3.36. The number of carbonyl (C=O) groups is 1. The Morgan fingerprint density at radius 2 is 2.14 bits per heavy atom. The summed E-state index contributed by atoms with van der Waals surface area (Å²) in [5, 5.41) is 3.27. The third-order valence-corrected chi connectivity index (χ3v) is 3.94. The zero-order valence-electron chi connectivity index (χ0n) is 12.4. The average molecular weight is 284 g/mol. The second-order valence-corrected chi connectivity index (χ2v) is 5.65. The van der Waals surface area contributed by atoms with Gasteiger partial charge in [0, 0.05) is 26.6 Å². The summed E-state index contributed by atoms with van der Waals surface area (Å²) in [5.74, 6) is 0.115. The van der Waals surface area contributed by atoms with Crippen LogP contribution in [0.3, 0.4) is 0 Å². The van der Waals surface area contributed by atoms with Crippen LogP contribution < -0.4 is 5.32 Å². The molecule has 1 aromatic carbocycles. The minimum atomic E-state index is -0.184. The molecule has 2 heterocycles. The van der Waals surface area contributed by atoms with E-state index in [4.69, 9.17) is 0 Å². The fourth-order valence-corrected chi connectivity index (χ4v) is 2.65. The van der Waals surface area contributed by atoms with Gasteiger partial charge in [-0.1, -0.05) is 29.8 Å². The molecule has 5 heteroatoms. The van der Waals surface area contributed by atoms with Crippen LogP contribution in [0.1, 0.15) is 22.5 Å². The molecule has 110 valence electrons. The van der Waals surface area contributed by atoms with Gasteiger partial charge in [-0.25, -0.2) is 4.98 Å². The van der Waals surface area contributed by atoms with Crippen LogP contribution in [0.15, 0.2) is 30.6 Å². The summed E-state index contributed by atoms with van der Waals surface area (Å²) in [6.07, 6.45) is 2.34. The molecule has 0 saturated carbocycles. The van der Waals surface area contributed by atoms with Crippen LogP contribution in [0, 0.1) is 6.92 Å². The van der Waals surface area contributed by atoms with E-state index >= 15 is 0 Å². The van der Waals surface area contributed by atoms with Crippen LogP contribution in [-0.2, 0) is 24.3 Å². The fourth-order valence-electron chi connectivity index (χ4n) is 2.65. The molecule has 5 nitrogen and oxygen atoms in total. The van der Waals surface area contributed by atoms with Gasteiger partial charge in [-0.15, -0.1) is 0 Å². The van der Waals surface area contributed by atoms with E-state index in [-0.39, 0.29) is 11.9 Å². The van der Waals surface area contributed by atoms with Crippen molar-refractivity contribution in [2.45, 2.75) is 32.5 Å². The quantitative estimate of drug-likeness (QED) is 0.895. The summed E-state index contributed by atoms with van der Waals surface area (Å²) in [5.41, 5.74) is 4.46. The molecule has 3 rings (SSSR count). The van der Waals surface area contributed by atoms with Crippen molar-refractivity contribution < 1.29 is 4.79 Å². The molecule has 1 aliphatic rings. The summed E-state index contributed by atoms with van der Waals surface area (Å²) in [6, 6.07) is 8.10. The maximum Gasteiger partial charge on any atom is 0.240 e. The van der Waals surface area contributed by atoms with Crippen molar-refractivity contribution in [1.29, 1.82) is 0 Å². The summed E-state index contributed by atoms with van der Waals surface area (Å²) in [7, 11) is 1.85. The number of hydrogen-bond acceptors (Lipinski definition) is 3. The van der Waals surface area contributed by atoms with Gasteiger partial charge in [0.2, 0.25) is 5.91 Å². The molecule has 0 bridgehead atoms. The molecule has 1 amide bonds. The monoisotopic (exact) mass is 284 g/mol. The predicted octanol–water partition coefficient (Wildman–Crippen LogP) is 1.39. The molecule has 1 aliphatic heterocycles. The minimum absolute atomic E-state index is 0.115. The number of H-pyrrole nitrogens is 1. The van der Waals surface area contributed by atoms with Crippen LogP contribution in [-0.4, -0.2) is 33.9 Å². The van der Waals surface area contributed by atoms with E-state index in [2.05, 4.69) is 46.5 Å². The zero-order chi connectivity index (χ0) is 14.8. The number of likely N-dealkylation sites (N-methyl/N-ethyl adjacent to an activating group) is 1. The molecule has 2 aromatic rings. The number of hydrogen-bond donors (Lipinski definition) is 2. The topological polar surface area (TPSA) is 61.0 Å². The molecule has 1 unspecified atom stereocenters. The Bertz CT molecular complexity index is 632. The van der Waals surface area contributed by atoms with Crippen molar-refractivity contribution >= 4 is 5.91 Å². The smallest absolute Gasteiger partial charge is 0.240 e. The van der Waals surface area contributed by atoms with Crippen LogP contribution in [0.2, 0.25) is 0 Å². The van der Waals surface area contributed by atoms with E-state index in [9.17, 15) is 4.79 Å². The van der Waals surface area contributed by atoms with E-state index in [1.165, 1.54) is 5.56 Å². The van der Waals surface area contributed by atoms with Crippen LogP contribution in [0.4, 0.5) is 0 Å². The van der Waals surface area contributed by atoms with E-state index in [1.54, 1.807) is 11.2 Å². The molecular weight excluding hydrogens is 264 g/mol. The fraction of sp³-hybridized carbons (Fsp3) is 0.375. The van der Waals surface area contributed by atoms with Gasteiger partial charge in [-0.2, -0.15) is 0 Å². The first-order chi connectivity index (χ1) is 10.1. The third kappa shape index (κ3) is 2.97. The number of rotatable bonds is 3. The number of imidazole rings is 1. The molecule has 0 spiro atoms. The van der Waals surface area contributed by atoms with Gasteiger partial charge in [0.25, 0.3) is 0 Å². The highest BCUT2D eigenvalue weighted by Gasteiger charge is 2.27. The van der Waals surface area contributed by atoms with Crippen molar-refractivity contribution in [3.05, 3.63) is 53.1 Å². The number of aromatic amines is 1. The Morgan fingerprint density at radius 3 is 2.90 bits per heavy atom. The number of fused-ring (bicyclic) bond motifs is 1. The molecular formula is C16H20N4O. The molecule has 21 heavy (non-hydrogen) atoms. The number of carbonyl (C=O) groups excluding carboxylic acids is 1. The highest BCUT2D eigenvalue weighted by molar-refractivity contribution is 5.82. The predicted molar refractivity (Wildman–Crippen MR) is 80.6 cm³/mol. The lowest BCUT2D eigenvalue weighted by atomic mass is 10.0. The van der Waals surface area contributed by atoms with Crippen molar-refractivity contribution in [2.24, 2.45) is 0 Å².